The van der Waals surface area contributed by atoms with Gasteiger partial charge < -0.3 is 10.1 Å². The molecule has 1 aromatic carbocycles. The van der Waals surface area contributed by atoms with Crippen molar-refractivity contribution in [3.63, 3.8) is 0 Å². The number of hydrogen-bond donors (Lipinski definition) is 2. The molecule has 0 aromatic heterocycles. The monoisotopic (exact) mass is 303 g/mol. The number of fused-ring (bicyclic) bond motifs is 1. The lowest BCUT2D eigenvalue weighted by molar-refractivity contribution is -0.129. The molecular formula is C16H21N3O3. The fraction of sp³-hybridized carbons (Fsp3) is 0.438. The first-order chi connectivity index (χ1) is 10.4. The number of hydrazone groups is 1. The molecule has 0 bridgehead atoms. The van der Waals surface area contributed by atoms with Crippen LogP contribution in [0.25, 0.3) is 0 Å². The molecule has 2 amide bonds. The number of benzene rings is 1. The van der Waals surface area contributed by atoms with Crippen LogP contribution in [0.1, 0.15) is 50.4 Å². The van der Waals surface area contributed by atoms with Gasteiger partial charge in [-0.15, -0.1) is 0 Å². The van der Waals surface area contributed by atoms with Gasteiger partial charge in [-0.05, 0) is 44.9 Å². The highest BCUT2D eigenvalue weighted by molar-refractivity contribution is 6.02. The number of anilines is 1. The van der Waals surface area contributed by atoms with Crippen LogP contribution in [-0.2, 0) is 4.79 Å². The Morgan fingerprint density at radius 2 is 2.23 bits per heavy atom. The van der Waals surface area contributed by atoms with Crippen LogP contribution in [0.15, 0.2) is 23.3 Å². The summed E-state index contributed by atoms with van der Waals surface area (Å²) in [5, 5.41) is 6.64. The summed E-state index contributed by atoms with van der Waals surface area (Å²) in [4.78, 5) is 23.9. The van der Waals surface area contributed by atoms with E-state index in [4.69, 9.17) is 4.74 Å². The predicted octanol–water partition coefficient (Wildman–Crippen LogP) is 2.70. The summed E-state index contributed by atoms with van der Waals surface area (Å²) in [7, 11) is 0. The zero-order valence-electron chi connectivity index (χ0n) is 13.1. The summed E-state index contributed by atoms with van der Waals surface area (Å²) in [6.07, 6.45) is 4.64. The Hall–Kier alpha value is -2.37. The maximum Gasteiger partial charge on any atom is 0.271 e. The summed E-state index contributed by atoms with van der Waals surface area (Å²) < 4.78 is 5.62. The highest BCUT2D eigenvalue weighted by Gasteiger charge is 2.35. The van der Waals surface area contributed by atoms with E-state index in [-0.39, 0.29) is 11.8 Å². The Kier molecular flexibility index (Phi) is 4.80. The van der Waals surface area contributed by atoms with E-state index in [0.717, 1.165) is 19.3 Å². The van der Waals surface area contributed by atoms with E-state index in [9.17, 15) is 9.59 Å². The van der Waals surface area contributed by atoms with Gasteiger partial charge >= 0.3 is 0 Å². The summed E-state index contributed by atoms with van der Waals surface area (Å²) in [5.74, 6) is -0.0163. The smallest absolute Gasteiger partial charge is 0.271 e. The molecule has 0 saturated carbocycles. The molecule has 118 valence electrons. The van der Waals surface area contributed by atoms with Crippen molar-refractivity contribution in [3.05, 3.63) is 23.8 Å². The Labute approximate surface area is 129 Å². The standard InChI is InChI=1S/C16H21N3O3/c1-4-5-6-9-17-19-14(20)11-7-8-13-12(10-11)18-15(21)16(2,3)22-13/h7-10H,4-6H2,1-3H3,(H,18,21)(H,19,20)/b17-9+. The lowest BCUT2D eigenvalue weighted by atomic mass is 10.0. The number of unbranched alkanes of at least 4 members (excludes halogenated alkanes) is 2. The number of hydrogen-bond acceptors (Lipinski definition) is 4. The third kappa shape index (κ3) is 3.63. The zero-order chi connectivity index (χ0) is 16.2. The van der Waals surface area contributed by atoms with Crippen LogP contribution < -0.4 is 15.5 Å². The van der Waals surface area contributed by atoms with E-state index in [1.165, 1.54) is 0 Å². The number of nitrogens with one attached hydrogen (secondary N) is 2. The van der Waals surface area contributed by atoms with Crippen molar-refractivity contribution >= 4 is 23.7 Å². The van der Waals surface area contributed by atoms with Gasteiger partial charge in [0.2, 0.25) is 0 Å². The molecule has 1 aromatic rings. The van der Waals surface area contributed by atoms with E-state index in [1.54, 1.807) is 38.3 Å². The van der Waals surface area contributed by atoms with E-state index in [0.29, 0.717) is 17.0 Å². The SMILES string of the molecule is CCCC/C=N/NC(=O)c1ccc2c(c1)NC(=O)C(C)(C)O2. The molecule has 0 fully saturated rings. The summed E-state index contributed by atoms with van der Waals surface area (Å²) >= 11 is 0. The van der Waals surface area contributed by atoms with Gasteiger partial charge in [0.25, 0.3) is 11.8 Å². The summed E-state index contributed by atoms with van der Waals surface area (Å²) in [6.45, 7) is 5.48. The normalized spacial score (nSPS) is 15.9. The summed E-state index contributed by atoms with van der Waals surface area (Å²) in [5.41, 5.74) is 2.46. The molecule has 0 radical (unpaired) electrons. The predicted molar refractivity (Wildman–Crippen MR) is 85.3 cm³/mol. The van der Waals surface area contributed by atoms with Crippen LogP contribution >= 0.6 is 0 Å². The second-order valence-corrected chi connectivity index (χ2v) is 5.67. The van der Waals surface area contributed by atoms with Crippen LogP contribution in [0, 0.1) is 0 Å². The fourth-order valence-corrected chi connectivity index (χ4v) is 1.98. The van der Waals surface area contributed by atoms with Crippen LogP contribution in [0.4, 0.5) is 5.69 Å². The highest BCUT2D eigenvalue weighted by Crippen LogP contribution is 2.34. The fourth-order valence-electron chi connectivity index (χ4n) is 1.98. The number of nitrogens with zero attached hydrogens (tertiary/aromatic N) is 1. The minimum Gasteiger partial charge on any atom is -0.476 e. The summed E-state index contributed by atoms with van der Waals surface area (Å²) in [6, 6.07) is 4.90. The third-order valence-electron chi connectivity index (χ3n) is 3.35. The van der Waals surface area contributed by atoms with Gasteiger partial charge in [-0.2, -0.15) is 5.10 Å². The molecule has 2 rings (SSSR count). The molecule has 0 spiro atoms. The van der Waals surface area contributed by atoms with Crippen LogP contribution in [0.5, 0.6) is 5.75 Å². The first kappa shape index (κ1) is 16.0. The van der Waals surface area contributed by atoms with E-state index in [2.05, 4.69) is 22.8 Å². The van der Waals surface area contributed by atoms with E-state index in [1.807, 2.05) is 0 Å². The zero-order valence-corrected chi connectivity index (χ0v) is 13.1. The molecule has 0 saturated heterocycles. The van der Waals surface area contributed by atoms with E-state index >= 15 is 0 Å². The molecule has 0 aliphatic carbocycles. The van der Waals surface area contributed by atoms with Crippen LogP contribution in [0.2, 0.25) is 0 Å². The number of carbonyl (C=O) groups is 2. The Morgan fingerprint density at radius 1 is 1.45 bits per heavy atom. The van der Waals surface area contributed by atoms with Crippen molar-refractivity contribution in [2.24, 2.45) is 5.10 Å². The van der Waals surface area contributed by atoms with Crippen molar-refractivity contribution in [1.29, 1.82) is 0 Å². The van der Waals surface area contributed by atoms with Crippen LogP contribution in [0.3, 0.4) is 0 Å². The van der Waals surface area contributed by atoms with Crippen molar-refractivity contribution in [3.8, 4) is 5.75 Å². The molecule has 6 heteroatoms. The highest BCUT2D eigenvalue weighted by atomic mass is 16.5. The second kappa shape index (κ2) is 6.60. The van der Waals surface area contributed by atoms with Gasteiger partial charge in [0.1, 0.15) is 5.75 Å². The van der Waals surface area contributed by atoms with Crippen molar-refractivity contribution in [1.82, 2.24) is 5.43 Å². The van der Waals surface area contributed by atoms with Crippen molar-refractivity contribution < 1.29 is 14.3 Å². The van der Waals surface area contributed by atoms with E-state index < -0.39 is 5.60 Å². The number of amides is 2. The first-order valence-electron chi connectivity index (χ1n) is 7.40. The number of carbonyl (C=O) groups excluding carboxylic acids is 2. The number of rotatable bonds is 5. The first-order valence-corrected chi connectivity index (χ1v) is 7.40. The van der Waals surface area contributed by atoms with Gasteiger partial charge in [0, 0.05) is 11.8 Å². The minimum atomic E-state index is -0.916. The molecule has 2 N–H and O–H groups in total. The van der Waals surface area contributed by atoms with Gasteiger partial charge in [0.05, 0.1) is 5.69 Å². The molecular weight excluding hydrogens is 282 g/mol. The molecule has 1 aliphatic rings. The lowest BCUT2D eigenvalue weighted by Crippen LogP contribution is -2.45. The molecule has 22 heavy (non-hydrogen) atoms. The van der Waals surface area contributed by atoms with Gasteiger partial charge in [-0.1, -0.05) is 13.3 Å². The molecule has 6 nitrogen and oxygen atoms in total. The maximum atomic E-state index is 12.0. The topological polar surface area (TPSA) is 79.8 Å². The molecule has 1 aliphatic heterocycles. The largest absolute Gasteiger partial charge is 0.476 e. The molecule has 0 atom stereocenters. The Morgan fingerprint density at radius 3 is 2.95 bits per heavy atom. The Bertz CT molecular complexity index is 609. The maximum absolute atomic E-state index is 12.0. The molecule has 1 heterocycles. The lowest BCUT2D eigenvalue weighted by Gasteiger charge is -2.31. The quantitative estimate of drug-likeness (QED) is 0.498. The average molecular weight is 303 g/mol. The minimum absolute atomic E-state index is 0.241. The number of ether oxygens (including phenoxy) is 1. The van der Waals surface area contributed by atoms with Gasteiger partial charge in [-0.3, -0.25) is 9.59 Å². The van der Waals surface area contributed by atoms with Crippen molar-refractivity contribution in [2.45, 2.75) is 45.6 Å². The average Bonchev–Trinajstić information content (AvgIpc) is 2.47. The van der Waals surface area contributed by atoms with Crippen molar-refractivity contribution in [2.75, 3.05) is 5.32 Å². The second-order valence-electron chi connectivity index (χ2n) is 5.67. The third-order valence-corrected chi connectivity index (χ3v) is 3.35. The Balaban J connectivity index is 2.05. The molecule has 0 unspecified atom stereocenters. The van der Waals surface area contributed by atoms with Crippen LogP contribution in [-0.4, -0.2) is 23.6 Å². The van der Waals surface area contributed by atoms with Gasteiger partial charge in [0.15, 0.2) is 5.60 Å². The van der Waals surface area contributed by atoms with Gasteiger partial charge in [-0.25, -0.2) is 5.43 Å².